The first-order valence-electron chi connectivity index (χ1n) is 7.23. The Kier molecular flexibility index (Phi) is 6.61. The van der Waals surface area contributed by atoms with E-state index in [2.05, 4.69) is 5.32 Å². The third-order valence-corrected chi connectivity index (χ3v) is 3.77. The molecule has 6 nitrogen and oxygen atoms in total. The molecule has 0 spiro atoms. The van der Waals surface area contributed by atoms with Gasteiger partial charge in [-0.15, -0.1) is 0 Å². The molecule has 1 amide bonds. The van der Waals surface area contributed by atoms with Crippen molar-refractivity contribution in [3.05, 3.63) is 63.6 Å². The molecule has 132 valence electrons. The Morgan fingerprint density at radius 1 is 1.15 bits per heavy atom. The molecule has 8 heteroatoms. The number of rotatable bonds is 6. The number of carboxylic acids is 1. The topological polar surface area (TPSA) is 99.4 Å². The Morgan fingerprint density at radius 2 is 1.81 bits per heavy atom. The minimum Gasteiger partial charge on any atom is -0.481 e. The smallest absolute Gasteiger partial charge is 0.341 e. The maximum absolute atomic E-state index is 12.4. The van der Waals surface area contributed by atoms with E-state index in [0.29, 0.717) is 5.56 Å². The van der Waals surface area contributed by atoms with Crippen molar-refractivity contribution in [1.82, 2.24) is 0 Å². The second-order valence-corrected chi connectivity index (χ2v) is 5.76. The summed E-state index contributed by atoms with van der Waals surface area (Å²) < 4.78 is 5.15. The summed E-state index contributed by atoms with van der Waals surface area (Å²) in [4.78, 5) is 23.0. The van der Waals surface area contributed by atoms with Crippen LogP contribution in [0.4, 0.5) is 5.69 Å². The Bertz CT molecular complexity index is 899. The molecule has 0 atom stereocenters. The van der Waals surface area contributed by atoms with Crippen molar-refractivity contribution in [3.63, 3.8) is 0 Å². The summed E-state index contributed by atoms with van der Waals surface area (Å²) in [6.07, 6.45) is 1.29. The van der Waals surface area contributed by atoms with E-state index < -0.39 is 18.5 Å². The van der Waals surface area contributed by atoms with Gasteiger partial charge in [-0.05, 0) is 24.3 Å². The summed E-state index contributed by atoms with van der Waals surface area (Å²) >= 11 is 12.0. The molecule has 0 saturated heterocycles. The van der Waals surface area contributed by atoms with Crippen LogP contribution >= 0.6 is 23.2 Å². The molecule has 2 aromatic carbocycles. The zero-order valence-corrected chi connectivity index (χ0v) is 14.7. The number of carbonyl (C=O) groups excluding carboxylic acids is 1. The lowest BCUT2D eigenvalue weighted by molar-refractivity contribution is -0.139. The summed E-state index contributed by atoms with van der Waals surface area (Å²) in [6, 6.07) is 12.9. The van der Waals surface area contributed by atoms with Gasteiger partial charge in [0.2, 0.25) is 0 Å². The van der Waals surface area contributed by atoms with Crippen molar-refractivity contribution < 1.29 is 19.4 Å². The fourth-order valence-electron chi connectivity index (χ4n) is 1.97. The number of carboxylic acid groups (broad SMARTS) is 1. The summed E-state index contributed by atoms with van der Waals surface area (Å²) in [5, 5.41) is 21.0. The Balaban J connectivity index is 2.29. The maximum atomic E-state index is 12.4. The summed E-state index contributed by atoms with van der Waals surface area (Å²) in [6.45, 7) is -0.547. The average Bonchev–Trinajstić information content (AvgIpc) is 2.61. The third-order valence-electron chi connectivity index (χ3n) is 3.14. The van der Waals surface area contributed by atoms with Crippen molar-refractivity contribution >= 4 is 46.8 Å². The van der Waals surface area contributed by atoms with E-state index in [9.17, 15) is 14.9 Å². The van der Waals surface area contributed by atoms with Gasteiger partial charge in [-0.25, -0.2) is 4.79 Å². The van der Waals surface area contributed by atoms with Gasteiger partial charge < -0.3 is 15.2 Å². The second kappa shape index (κ2) is 8.90. The molecular weight excluding hydrogens is 379 g/mol. The molecule has 0 fully saturated rings. The van der Waals surface area contributed by atoms with Gasteiger partial charge in [0.25, 0.3) is 5.91 Å². The number of halogens is 2. The predicted octanol–water partition coefficient (Wildman–Crippen LogP) is 4.00. The number of anilines is 1. The van der Waals surface area contributed by atoms with Gasteiger partial charge in [-0.2, -0.15) is 5.26 Å². The lowest BCUT2D eigenvalue weighted by Crippen LogP contribution is -2.14. The van der Waals surface area contributed by atoms with Crippen molar-refractivity contribution in [3.8, 4) is 11.8 Å². The molecule has 0 bridgehead atoms. The minimum absolute atomic E-state index is 0.192. The van der Waals surface area contributed by atoms with Crippen molar-refractivity contribution in [2.45, 2.75) is 0 Å². The van der Waals surface area contributed by atoms with Crippen LogP contribution in [0.2, 0.25) is 10.0 Å². The Hall–Kier alpha value is -3.01. The van der Waals surface area contributed by atoms with Crippen molar-refractivity contribution in [2.75, 3.05) is 11.9 Å². The van der Waals surface area contributed by atoms with E-state index in [1.54, 1.807) is 42.5 Å². The normalized spacial score (nSPS) is 10.7. The lowest BCUT2D eigenvalue weighted by atomic mass is 10.1. The van der Waals surface area contributed by atoms with Crippen molar-refractivity contribution in [1.29, 1.82) is 5.26 Å². The number of para-hydroxylation sites is 2. The zero-order chi connectivity index (χ0) is 19.1. The number of carbonyl (C=O) groups is 2. The average molecular weight is 391 g/mol. The minimum atomic E-state index is -1.14. The first kappa shape index (κ1) is 19.3. The van der Waals surface area contributed by atoms with Crippen molar-refractivity contribution in [2.24, 2.45) is 0 Å². The standard InChI is InChI=1S/C18H12Cl2N2O4/c19-13-5-3-6-14(20)17(13)22-18(25)12(9-21)8-11-4-1-2-7-15(11)26-10-16(23)24/h1-8H,10H2,(H,22,25)(H,23,24)/b12-8-. The molecule has 0 heterocycles. The number of hydrogen-bond donors (Lipinski definition) is 2. The van der Waals surface area contributed by atoms with Crippen LogP contribution in [-0.2, 0) is 9.59 Å². The molecular formula is C18H12Cl2N2O4. The van der Waals surface area contributed by atoms with E-state index in [1.807, 2.05) is 0 Å². The Morgan fingerprint density at radius 3 is 2.42 bits per heavy atom. The zero-order valence-electron chi connectivity index (χ0n) is 13.2. The van der Waals surface area contributed by atoms with E-state index in [-0.39, 0.29) is 27.1 Å². The van der Waals surface area contributed by atoms with Crippen LogP contribution in [0.25, 0.3) is 6.08 Å². The van der Waals surface area contributed by atoms with Crippen LogP contribution < -0.4 is 10.1 Å². The first-order chi connectivity index (χ1) is 12.4. The number of nitrogens with zero attached hydrogens (tertiary/aromatic N) is 1. The predicted molar refractivity (Wildman–Crippen MR) is 98.3 cm³/mol. The molecule has 2 N–H and O–H groups in total. The molecule has 26 heavy (non-hydrogen) atoms. The molecule has 0 aliphatic heterocycles. The number of hydrogen-bond acceptors (Lipinski definition) is 4. The van der Waals surface area contributed by atoms with Gasteiger partial charge in [0.15, 0.2) is 6.61 Å². The van der Waals surface area contributed by atoms with Gasteiger partial charge in [-0.1, -0.05) is 47.5 Å². The molecule has 0 radical (unpaired) electrons. The maximum Gasteiger partial charge on any atom is 0.341 e. The number of aliphatic carboxylic acids is 1. The van der Waals surface area contributed by atoms with E-state index in [0.717, 1.165) is 0 Å². The van der Waals surface area contributed by atoms with Crippen LogP contribution in [0.3, 0.4) is 0 Å². The fraction of sp³-hybridized carbons (Fsp3) is 0.0556. The van der Waals surface area contributed by atoms with Crippen LogP contribution in [0.5, 0.6) is 5.75 Å². The van der Waals surface area contributed by atoms with E-state index in [1.165, 1.54) is 12.1 Å². The summed E-state index contributed by atoms with van der Waals surface area (Å²) in [5.74, 6) is -1.63. The third kappa shape index (κ3) is 4.99. The SMILES string of the molecule is N#C/C(=C/c1ccccc1OCC(=O)O)C(=O)Nc1c(Cl)cccc1Cl. The monoisotopic (exact) mass is 390 g/mol. The number of nitrogens with one attached hydrogen (secondary N) is 1. The van der Waals surface area contributed by atoms with Crippen LogP contribution in [0.15, 0.2) is 48.0 Å². The molecule has 0 aliphatic carbocycles. The first-order valence-corrected chi connectivity index (χ1v) is 7.98. The molecule has 0 aromatic heterocycles. The lowest BCUT2D eigenvalue weighted by Gasteiger charge is -2.09. The summed E-state index contributed by atoms with van der Waals surface area (Å²) in [5.41, 5.74) is 0.343. The second-order valence-electron chi connectivity index (χ2n) is 4.94. The fourth-order valence-corrected chi connectivity index (χ4v) is 2.46. The number of benzene rings is 2. The molecule has 2 rings (SSSR count). The molecule has 0 aliphatic rings. The van der Waals surface area contributed by atoms with E-state index >= 15 is 0 Å². The van der Waals surface area contributed by atoms with Gasteiger partial charge in [0.1, 0.15) is 17.4 Å². The largest absolute Gasteiger partial charge is 0.481 e. The van der Waals surface area contributed by atoms with Crippen LogP contribution in [0, 0.1) is 11.3 Å². The molecule has 0 unspecified atom stereocenters. The highest BCUT2D eigenvalue weighted by molar-refractivity contribution is 6.40. The van der Waals surface area contributed by atoms with Gasteiger partial charge in [0, 0.05) is 5.56 Å². The highest BCUT2D eigenvalue weighted by Crippen LogP contribution is 2.30. The number of amides is 1. The number of ether oxygens (including phenoxy) is 1. The van der Waals surface area contributed by atoms with E-state index in [4.69, 9.17) is 33.0 Å². The highest BCUT2D eigenvalue weighted by Gasteiger charge is 2.15. The highest BCUT2D eigenvalue weighted by atomic mass is 35.5. The van der Waals surface area contributed by atoms with Crippen LogP contribution in [0.1, 0.15) is 5.56 Å². The van der Waals surface area contributed by atoms with Crippen LogP contribution in [-0.4, -0.2) is 23.6 Å². The number of nitriles is 1. The molecule has 2 aromatic rings. The summed E-state index contributed by atoms with van der Waals surface area (Å²) in [7, 11) is 0. The Labute approximate surface area is 159 Å². The van der Waals surface area contributed by atoms with Gasteiger partial charge in [-0.3, -0.25) is 4.79 Å². The van der Waals surface area contributed by atoms with Gasteiger partial charge >= 0.3 is 5.97 Å². The van der Waals surface area contributed by atoms with Gasteiger partial charge in [0.05, 0.1) is 15.7 Å². The molecule has 0 saturated carbocycles. The quantitative estimate of drug-likeness (QED) is 0.573.